The molecule has 0 unspecified atom stereocenters. The summed E-state index contributed by atoms with van der Waals surface area (Å²) < 4.78 is 54.3. The number of sulfonamides is 2. The third-order valence-corrected chi connectivity index (χ3v) is 9.75. The summed E-state index contributed by atoms with van der Waals surface area (Å²) >= 11 is 0. The molecule has 8 nitrogen and oxygen atoms in total. The third-order valence-electron chi connectivity index (χ3n) is 5.94. The topological polar surface area (TPSA) is 95.1 Å². The first-order chi connectivity index (χ1) is 15.3. The molecule has 1 amide bonds. The van der Waals surface area contributed by atoms with Gasteiger partial charge in [-0.15, -0.1) is 0 Å². The van der Waals surface area contributed by atoms with Crippen LogP contribution in [0.3, 0.4) is 0 Å². The number of piperazine rings is 1. The van der Waals surface area contributed by atoms with Gasteiger partial charge in [-0.3, -0.25) is 4.79 Å². The summed E-state index contributed by atoms with van der Waals surface area (Å²) in [6.45, 7) is 1.86. The SMILES string of the molecule is O=C(c1cccc(S(=O)(=O)N2CCCCC2)c1)N1CCN(S(=O)(=O)c2ccccc2)CC1. The monoisotopic (exact) mass is 477 g/mol. The lowest BCUT2D eigenvalue weighted by Crippen LogP contribution is -2.50. The van der Waals surface area contributed by atoms with Crippen molar-refractivity contribution in [1.82, 2.24) is 13.5 Å². The number of carbonyl (C=O) groups excluding carboxylic acids is 1. The second-order valence-corrected chi connectivity index (χ2v) is 11.9. The molecule has 0 N–H and O–H groups in total. The highest BCUT2D eigenvalue weighted by Gasteiger charge is 2.31. The van der Waals surface area contributed by atoms with Crippen molar-refractivity contribution in [1.29, 1.82) is 0 Å². The van der Waals surface area contributed by atoms with E-state index in [1.54, 1.807) is 47.4 Å². The van der Waals surface area contributed by atoms with E-state index >= 15 is 0 Å². The van der Waals surface area contributed by atoms with Gasteiger partial charge in [0.1, 0.15) is 0 Å². The Hall–Kier alpha value is -2.27. The first-order valence-corrected chi connectivity index (χ1v) is 13.6. The fraction of sp³-hybridized carbons (Fsp3) is 0.409. The van der Waals surface area contributed by atoms with E-state index in [1.807, 2.05) is 0 Å². The predicted molar refractivity (Wildman–Crippen MR) is 120 cm³/mol. The summed E-state index contributed by atoms with van der Waals surface area (Å²) in [4.78, 5) is 15.0. The number of hydrogen-bond donors (Lipinski definition) is 0. The Morgan fingerprint density at radius 2 is 1.19 bits per heavy atom. The van der Waals surface area contributed by atoms with Crippen molar-refractivity contribution in [2.45, 2.75) is 29.1 Å². The van der Waals surface area contributed by atoms with Crippen LogP contribution in [0.25, 0.3) is 0 Å². The summed E-state index contributed by atoms with van der Waals surface area (Å²) in [5, 5.41) is 0. The van der Waals surface area contributed by atoms with E-state index in [0.29, 0.717) is 18.7 Å². The van der Waals surface area contributed by atoms with Gasteiger partial charge in [0.05, 0.1) is 9.79 Å². The predicted octanol–water partition coefficient (Wildman–Crippen LogP) is 2.01. The molecule has 0 saturated carbocycles. The van der Waals surface area contributed by atoms with Crippen molar-refractivity contribution in [3.63, 3.8) is 0 Å². The van der Waals surface area contributed by atoms with Gasteiger partial charge in [-0.2, -0.15) is 8.61 Å². The van der Waals surface area contributed by atoms with Crippen molar-refractivity contribution in [3.8, 4) is 0 Å². The van der Waals surface area contributed by atoms with Gasteiger partial charge in [-0.1, -0.05) is 30.7 Å². The van der Waals surface area contributed by atoms with Crippen LogP contribution in [-0.2, 0) is 20.0 Å². The Kier molecular flexibility index (Phi) is 6.66. The number of carbonyl (C=O) groups is 1. The summed E-state index contributed by atoms with van der Waals surface area (Å²) in [6.07, 6.45) is 2.71. The maximum absolute atomic E-state index is 13.0. The van der Waals surface area contributed by atoms with E-state index in [0.717, 1.165) is 19.3 Å². The van der Waals surface area contributed by atoms with Gasteiger partial charge >= 0.3 is 0 Å². The highest BCUT2D eigenvalue weighted by molar-refractivity contribution is 7.89. The number of benzene rings is 2. The zero-order valence-corrected chi connectivity index (χ0v) is 19.4. The first kappa shape index (κ1) is 22.9. The van der Waals surface area contributed by atoms with E-state index < -0.39 is 20.0 Å². The van der Waals surface area contributed by atoms with Crippen LogP contribution in [0.1, 0.15) is 29.6 Å². The maximum Gasteiger partial charge on any atom is 0.253 e. The molecule has 0 atom stereocenters. The molecule has 4 rings (SSSR count). The van der Waals surface area contributed by atoms with E-state index in [9.17, 15) is 21.6 Å². The zero-order valence-electron chi connectivity index (χ0n) is 17.8. The largest absolute Gasteiger partial charge is 0.336 e. The van der Waals surface area contributed by atoms with Crippen LogP contribution in [-0.4, -0.2) is 75.5 Å². The van der Waals surface area contributed by atoms with Crippen LogP contribution in [0.5, 0.6) is 0 Å². The van der Waals surface area contributed by atoms with Crippen LogP contribution >= 0.6 is 0 Å². The van der Waals surface area contributed by atoms with E-state index in [1.165, 1.54) is 20.7 Å². The van der Waals surface area contributed by atoms with Gasteiger partial charge < -0.3 is 4.90 Å². The van der Waals surface area contributed by atoms with Crippen molar-refractivity contribution in [2.24, 2.45) is 0 Å². The van der Waals surface area contributed by atoms with Crippen LogP contribution in [0.4, 0.5) is 0 Å². The first-order valence-electron chi connectivity index (χ1n) is 10.7. The minimum Gasteiger partial charge on any atom is -0.336 e. The van der Waals surface area contributed by atoms with Gasteiger partial charge in [0.15, 0.2) is 0 Å². The van der Waals surface area contributed by atoms with Crippen molar-refractivity contribution >= 4 is 26.0 Å². The lowest BCUT2D eigenvalue weighted by atomic mass is 10.2. The summed E-state index contributed by atoms with van der Waals surface area (Å²) in [5.74, 6) is -0.294. The van der Waals surface area contributed by atoms with Crippen molar-refractivity contribution in [3.05, 3.63) is 60.2 Å². The van der Waals surface area contributed by atoms with E-state index in [2.05, 4.69) is 0 Å². The molecule has 2 aromatic carbocycles. The quantitative estimate of drug-likeness (QED) is 0.657. The minimum atomic E-state index is -3.63. The molecule has 0 aliphatic carbocycles. The Labute approximate surface area is 189 Å². The second kappa shape index (κ2) is 9.30. The molecule has 0 spiro atoms. The van der Waals surface area contributed by atoms with Gasteiger partial charge in [0, 0.05) is 44.8 Å². The van der Waals surface area contributed by atoms with E-state index in [4.69, 9.17) is 0 Å². The Bertz CT molecular complexity index is 1170. The molecule has 2 heterocycles. The molecule has 2 aliphatic rings. The number of rotatable bonds is 5. The van der Waals surface area contributed by atoms with Gasteiger partial charge in [-0.25, -0.2) is 16.8 Å². The van der Waals surface area contributed by atoms with Crippen LogP contribution in [0, 0.1) is 0 Å². The normalized spacial score (nSPS) is 19.1. The maximum atomic E-state index is 13.0. The Balaban J connectivity index is 1.45. The summed E-state index contributed by atoms with van der Waals surface area (Å²) in [6, 6.07) is 14.4. The van der Waals surface area contributed by atoms with Crippen LogP contribution < -0.4 is 0 Å². The van der Waals surface area contributed by atoms with Crippen LogP contribution in [0.15, 0.2) is 64.4 Å². The molecule has 2 saturated heterocycles. The molecule has 10 heteroatoms. The van der Waals surface area contributed by atoms with E-state index in [-0.39, 0.29) is 41.9 Å². The Morgan fingerprint density at radius 3 is 1.84 bits per heavy atom. The molecule has 0 bridgehead atoms. The molecule has 2 fully saturated rings. The molecule has 0 aromatic heterocycles. The number of amides is 1. The zero-order chi connectivity index (χ0) is 22.8. The molecule has 2 aliphatic heterocycles. The Morgan fingerprint density at radius 1 is 0.625 bits per heavy atom. The summed E-state index contributed by atoms with van der Waals surface area (Å²) in [5.41, 5.74) is 0.294. The third kappa shape index (κ3) is 4.59. The molecular weight excluding hydrogens is 450 g/mol. The molecule has 0 radical (unpaired) electrons. The standard InChI is InChI=1S/C22H27N3O5S2/c26-22(19-8-7-11-21(18-19)32(29,30)24-12-5-2-6-13-24)23-14-16-25(17-15-23)31(27,28)20-9-3-1-4-10-20/h1,3-4,7-11,18H,2,5-6,12-17H2. The minimum absolute atomic E-state index is 0.121. The second-order valence-electron chi connectivity index (χ2n) is 8.00. The highest BCUT2D eigenvalue weighted by Crippen LogP contribution is 2.23. The lowest BCUT2D eigenvalue weighted by Gasteiger charge is -2.34. The van der Waals surface area contributed by atoms with Crippen molar-refractivity contribution in [2.75, 3.05) is 39.3 Å². The summed E-state index contributed by atoms with van der Waals surface area (Å²) in [7, 11) is -7.24. The number of nitrogens with zero attached hydrogens (tertiary/aromatic N) is 3. The van der Waals surface area contributed by atoms with Crippen LogP contribution in [0.2, 0.25) is 0 Å². The number of piperidine rings is 1. The average Bonchev–Trinajstić information content (AvgIpc) is 2.85. The molecule has 2 aromatic rings. The smallest absolute Gasteiger partial charge is 0.253 e. The fourth-order valence-electron chi connectivity index (χ4n) is 4.10. The molecular formula is C22H27N3O5S2. The molecule has 32 heavy (non-hydrogen) atoms. The van der Waals surface area contributed by atoms with Gasteiger partial charge in [0.25, 0.3) is 5.91 Å². The fourth-order valence-corrected chi connectivity index (χ4v) is 7.11. The molecule has 172 valence electrons. The van der Waals surface area contributed by atoms with Gasteiger partial charge in [0.2, 0.25) is 20.0 Å². The average molecular weight is 478 g/mol. The highest BCUT2D eigenvalue weighted by atomic mass is 32.2. The number of hydrogen-bond acceptors (Lipinski definition) is 5. The van der Waals surface area contributed by atoms with Gasteiger partial charge in [-0.05, 0) is 43.2 Å². The van der Waals surface area contributed by atoms with Crippen molar-refractivity contribution < 1.29 is 21.6 Å². The lowest BCUT2D eigenvalue weighted by molar-refractivity contribution is 0.0697.